The predicted octanol–water partition coefficient (Wildman–Crippen LogP) is 6.87. The average molecular weight is 491 g/mol. The molecule has 0 unspecified atom stereocenters. The van der Waals surface area contributed by atoms with Crippen molar-refractivity contribution in [2.24, 2.45) is 0 Å². The molecule has 0 saturated heterocycles. The van der Waals surface area contributed by atoms with Crippen molar-refractivity contribution >= 4 is 50.5 Å². The van der Waals surface area contributed by atoms with Gasteiger partial charge in [0.1, 0.15) is 16.6 Å². The third-order valence-electron chi connectivity index (χ3n) is 5.97. The van der Waals surface area contributed by atoms with E-state index in [0.717, 1.165) is 34.3 Å². The van der Waals surface area contributed by atoms with Gasteiger partial charge in [-0.05, 0) is 44.0 Å². The number of nitrogens with zero attached hydrogens (tertiary/aromatic N) is 2. The van der Waals surface area contributed by atoms with E-state index < -0.39 is 0 Å². The highest BCUT2D eigenvalue weighted by atomic mass is 32.2. The van der Waals surface area contributed by atoms with Gasteiger partial charge in [0.15, 0.2) is 0 Å². The summed E-state index contributed by atoms with van der Waals surface area (Å²) in [6, 6.07) is 18.5. The number of thiazole rings is 1. The fourth-order valence-electron chi connectivity index (χ4n) is 4.12. The van der Waals surface area contributed by atoms with Crippen molar-refractivity contribution in [2.75, 3.05) is 11.1 Å². The number of allylic oxidation sites excluding steroid dienone is 1. The second kappa shape index (κ2) is 12.0. The average Bonchev–Trinajstić information content (AvgIpc) is 3.24. The molecule has 5 nitrogen and oxygen atoms in total. The Kier molecular flexibility index (Phi) is 8.62. The molecule has 1 saturated carbocycles. The van der Waals surface area contributed by atoms with Gasteiger partial charge in [-0.15, -0.1) is 11.3 Å². The lowest BCUT2D eigenvalue weighted by atomic mass is 9.97. The van der Waals surface area contributed by atoms with Gasteiger partial charge in [-0.2, -0.15) is 5.26 Å². The molecule has 2 N–H and O–H groups in total. The molecule has 0 spiro atoms. The van der Waals surface area contributed by atoms with Crippen molar-refractivity contribution in [1.29, 1.82) is 5.26 Å². The molecule has 1 aliphatic rings. The van der Waals surface area contributed by atoms with Gasteiger partial charge in [-0.25, -0.2) is 4.98 Å². The first kappa shape index (κ1) is 24.3. The molecule has 3 aromatic rings. The molecule has 4 rings (SSSR count). The summed E-state index contributed by atoms with van der Waals surface area (Å²) < 4.78 is 1.03. The van der Waals surface area contributed by atoms with Crippen molar-refractivity contribution in [3.63, 3.8) is 0 Å². The van der Waals surface area contributed by atoms with Gasteiger partial charge in [0.05, 0.1) is 21.0 Å². The monoisotopic (exact) mass is 490 g/mol. The Morgan fingerprint density at radius 1 is 1.09 bits per heavy atom. The van der Waals surface area contributed by atoms with E-state index in [-0.39, 0.29) is 17.7 Å². The molecular weight excluding hydrogens is 460 g/mol. The number of amides is 1. The third-order valence-corrected chi connectivity index (χ3v) is 8.03. The summed E-state index contributed by atoms with van der Waals surface area (Å²) in [6.45, 7) is 2.04. The van der Waals surface area contributed by atoms with Crippen LogP contribution < -0.4 is 10.6 Å². The van der Waals surface area contributed by atoms with Crippen molar-refractivity contribution in [1.82, 2.24) is 10.3 Å². The number of nitrogens with one attached hydrogen (secondary N) is 2. The Balaban J connectivity index is 1.54. The van der Waals surface area contributed by atoms with E-state index in [1.165, 1.54) is 55.2 Å². The van der Waals surface area contributed by atoms with E-state index >= 15 is 0 Å². The number of fused-ring (bicyclic) bond motifs is 1. The number of rotatable bonds is 7. The third kappa shape index (κ3) is 6.62. The number of carbonyl (C=O) groups is 1. The Hall–Kier alpha value is -2.82. The van der Waals surface area contributed by atoms with E-state index in [4.69, 9.17) is 0 Å². The van der Waals surface area contributed by atoms with Crippen LogP contribution in [0.4, 0.5) is 5.69 Å². The lowest BCUT2D eigenvalue weighted by molar-refractivity contribution is -0.119. The molecule has 2 aromatic carbocycles. The molecule has 34 heavy (non-hydrogen) atoms. The van der Waals surface area contributed by atoms with Crippen molar-refractivity contribution in [3.8, 4) is 6.07 Å². The number of thioether (sulfide) groups is 1. The predicted molar refractivity (Wildman–Crippen MR) is 144 cm³/mol. The summed E-state index contributed by atoms with van der Waals surface area (Å²) >= 11 is 2.86. The maximum atomic E-state index is 12.8. The fraction of sp³-hybridized carbons (Fsp3) is 0.370. The minimum atomic E-state index is 0.0142. The van der Waals surface area contributed by atoms with E-state index in [1.807, 2.05) is 55.5 Å². The highest BCUT2D eigenvalue weighted by Crippen LogP contribution is 2.33. The molecule has 1 aliphatic carbocycles. The lowest BCUT2D eigenvalue weighted by Crippen LogP contribution is -2.36. The quantitative estimate of drug-likeness (QED) is 0.353. The van der Waals surface area contributed by atoms with Crippen LogP contribution in [-0.2, 0) is 4.79 Å². The van der Waals surface area contributed by atoms with Crippen LogP contribution >= 0.6 is 23.1 Å². The van der Waals surface area contributed by atoms with Crippen LogP contribution in [0.25, 0.3) is 15.8 Å². The van der Waals surface area contributed by atoms with Gasteiger partial charge >= 0.3 is 0 Å². The highest BCUT2D eigenvalue weighted by Gasteiger charge is 2.18. The summed E-state index contributed by atoms with van der Waals surface area (Å²) in [5.74, 6) is 0.265. The second-order valence-corrected chi connectivity index (χ2v) is 10.7. The fourth-order valence-corrected chi connectivity index (χ4v) is 5.99. The van der Waals surface area contributed by atoms with Gasteiger partial charge in [0, 0.05) is 11.7 Å². The molecule has 0 bridgehead atoms. The zero-order chi connectivity index (χ0) is 23.8. The molecule has 0 radical (unpaired) electrons. The summed E-state index contributed by atoms with van der Waals surface area (Å²) in [5, 5.41) is 18.0. The van der Waals surface area contributed by atoms with Gasteiger partial charge in [-0.1, -0.05) is 73.7 Å². The number of hydrogen-bond acceptors (Lipinski definition) is 6. The molecule has 1 heterocycles. The zero-order valence-corrected chi connectivity index (χ0v) is 21.1. The minimum absolute atomic E-state index is 0.0142. The number of anilines is 1. The Morgan fingerprint density at radius 3 is 2.50 bits per heavy atom. The number of hydrogen-bond donors (Lipinski definition) is 2. The molecule has 1 aromatic heterocycles. The molecule has 176 valence electrons. The standard InChI is InChI=1S/C27H30N4OS2/c1-19-13-15-21(16-14-19)30-26(22(17-28)27-31-23-11-7-8-12-24(23)34-27)33-18-25(32)29-20-9-5-3-2-4-6-10-20/h7-8,11-16,20,30H,2-6,9-10,18H2,1H3,(H,29,32). The summed E-state index contributed by atoms with van der Waals surface area (Å²) in [6.07, 6.45) is 8.26. The van der Waals surface area contributed by atoms with Crippen LogP contribution in [0.3, 0.4) is 0 Å². The van der Waals surface area contributed by atoms with Crippen molar-refractivity contribution < 1.29 is 4.79 Å². The maximum absolute atomic E-state index is 12.8. The molecular formula is C27H30N4OS2. The molecule has 0 aliphatic heterocycles. The highest BCUT2D eigenvalue weighted by molar-refractivity contribution is 8.04. The van der Waals surface area contributed by atoms with E-state index in [9.17, 15) is 10.1 Å². The number of benzene rings is 2. The number of nitriles is 1. The topological polar surface area (TPSA) is 77.8 Å². The molecule has 7 heteroatoms. The number of carbonyl (C=O) groups excluding carboxylic acids is 1. The normalized spacial score (nSPS) is 15.6. The van der Waals surface area contributed by atoms with Crippen LogP contribution in [-0.4, -0.2) is 22.7 Å². The Bertz CT molecular complexity index is 1150. The first-order valence-corrected chi connectivity index (χ1v) is 13.7. The number of para-hydroxylation sites is 1. The molecule has 1 fully saturated rings. The Morgan fingerprint density at radius 2 is 1.79 bits per heavy atom. The number of aryl methyl sites for hydroxylation is 1. The van der Waals surface area contributed by atoms with Gasteiger partial charge in [-0.3, -0.25) is 4.79 Å². The minimum Gasteiger partial charge on any atom is -0.353 e. The number of aromatic nitrogens is 1. The van der Waals surface area contributed by atoms with Gasteiger partial charge < -0.3 is 10.6 Å². The first-order chi connectivity index (χ1) is 16.6. The largest absolute Gasteiger partial charge is 0.353 e. The zero-order valence-electron chi connectivity index (χ0n) is 19.5. The van der Waals surface area contributed by atoms with Crippen LogP contribution in [0, 0.1) is 18.3 Å². The van der Waals surface area contributed by atoms with E-state index in [2.05, 4.69) is 21.7 Å². The van der Waals surface area contributed by atoms with E-state index in [0.29, 0.717) is 15.6 Å². The van der Waals surface area contributed by atoms with Crippen LogP contribution in [0.1, 0.15) is 55.5 Å². The van der Waals surface area contributed by atoms with Gasteiger partial charge in [0.25, 0.3) is 0 Å². The van der Waals surface area contributed by atoms with Gasteiger partial charge in [0.2, 0.25) is 5.91 Å². The second-order valence-electron chi connectivity index (χ2n) is 8.69. The molecule has 0 atom stereocenters. The SMILES string of the molecule is Cc1ccc(NC(SCC(=O)NC2CCCCCCC2)=C(C#N)c2nc3ccccc3s2)cc1. The first-order valence-electron chi connectivity index (χ1n) is 11.9. The van der Waals surface area contributed by atoms with Crippen LogP contribution in [0.5, 0.6) is 0 Å². The summed E-state index contributed by atoms with van der Waals surface area (Å²) in [7, 11) is 0. The van der Waals surface area contributed by atoms with Crippen molar-refractivity contribution in [2.45, 2.75) is 57.9 Å². The lowest BCUT2D eigenvalue weighted by Gasteiger charge is -2.21. The maximum Gasteiger partial charge on any atom is 0.230 e. The molecule has 1 amide bonds. The smallest absolute Gasteiger partial charge is 0.230 e. The van der Waals surface area contributed by atoms with Crippen LogP contribution in [0.15, 0.2) is 53.6 Å². The summed E-state index contributed by atoms with van der Waals surface area (Å²) in [5.41, 5.74) is 3.37. The Labute approximate surface area is 209 Å². The van der Waals surface area contributed by atoms with Crippen molar-refractivity contribution in [3.05, 3.63) is 64.1 Å². The summed E-state index contributed by atoms with van der Waals surface area (Å²) in [4.78, 5) is 17.5. The van der Waals surface area contributed by atoms with Crippen LogP contribution in [0.2, 0.25) is 0 Å². The van der Waals surface area contributed by atoms with E-state index in [1.54, 1.807) is 0 Å².